The van der Waals surface area contributed by atoms with Crippen molar-refractivity contribution in [2.45, 2.75) is 84.1 Å². The third-order valence-corrected chi connectivity index (χ3v) is 3.49. The number of ether oxygens (including phenoxy) is 2. The highest BCUT2D eigenvalue weighted by atomic mass is 16.6. The van der Waals surface area contributed by atoms with E-state index in [4.69, 9.17) is 9.47 Å². The average molecular weight is 300 g/mol. The Kier molecular flexibility index (Phi) is 7.46. The van der Waals surface area contributed by atoms with E-state index in [-0.39, 0.29) is 12.1 Å². The van der Waals surface area contributed by atoms with Gasteiger partial charge in [-0.2, -0.15) is 0 Å². The minimum atomic E-state index is -0.450. The normalized spacial score (nSPS) is 24.4. The highest BCUT2D eigenvalue weighted by Crippen LogP contribution is 2.14. The molecule has 0 saturated carbocycles. The molecular formula is C16H32N2O3. The molecule has 0 aromatic heterocycles. The summed E-state index contributed by atoms with van der Waals surface area (Å²) in [4.78, 5) is 11.7. The zero-order valence-corrected chi connectivity index (χ0v) is 14.2. The Morgan fingerprint density at radius 3 is 2.71 bits per heavy atom. The van der Waals surface area contributed by atoms with Gasteiger partial charge in [0, 0.05) is 25.2 Å². The van der Waals surface area contributed by atoms with Crippen LogP contribution in [-0.4, -0.2) is 43.0 Å². The summed E-state index contributed by atoms with van der Waals surface area (Å²) in [5, 5.41) is 6.53. The van der Waals surface area contributed by atoms with Gasteiger partial charge >= 0.3 is 6.09 Å². The van der Waals surface area contributed by atoms with E-state index < -0.39 is 5.60 Å². The van der Waals surface area contributed by atoms with Gasteiger partial charge in [-0.25, -0.2) is 4.79 Å². The first kappa shape index (κ1) is 18.2. The van der Waals surface area contributed by atoms with Crippen molar-refractivity contribution in [3.63, 3.8) is 0 Å². The fraction of sp³-hybridized carbons (Fsp3) is 0.938. The van der Waals surface area contributed by atoms with Crippen LogP contribution in [0.15, 0.2) is 0 Å². The van der Waals surface area contributed by atoms with Gasteiger partial charge in [0.1, 0.15) is 5.60 Å². The number of nitrogens with one attached hydrogen (secondary N) is 2. The molecule has 124 valence electrons. The van der Waals surface area contributed by atoms with E-state index in [0.29, 0.717) is 18.7 Å². The molecular weight excluding hydrogens is 268 g/mol. The largest absolute Gasteiger partial charge is 0.444 e. The smallest absolute Gasteiger partial charge is 0.407 e. The second kappa shape index (κ2) is 8.59. The van der Waals surface area contributed by atoms with Gasteiger partial charge in [0.05, 0.1) is 6.10 Å². The summed E-state index contributed by atoms with van der Waals surface area (Å²) in [6.45, 7) is 11.3. The van der Waals surface area contributed by atoms with Crippen molar-refractivity contribution >= 4 is 6.09 Å². The molecule has 0 aromatic carbocycles. The van der Waals surface area contributed by atoms with Gasteiger partial charge in [-0.3, -0.25) is 0 Å². The highest BCUT2D eigenvalue weighted by molar-refractivity contribution is 5.67. The van der Waals surface area contributed by atoms with Crippen LogP contribution >= 0.6 is 0 Å². The number of rotatable bonds is 6. The maximum absolute atomic E-state index is 11.7. The number of hydrogen-bond acceptors (Lipinski definition) is 4. The molecule has 3 unspecified atom stereocenters. The summed E-state index contributed by atoms with van der Waals surface area (Å²) in [5.41, 5.74) is -0.450. The third kappa shape index (κ3) is 8.27. The molecule has 3 atom stereocenters. The van der Waals surface area contributed by atoms with Crippen LogP contribution in [0.2, 0.25) is 0 Å². The topological polar surface area (TPSA) is 59.6 Å². The predicted molar refractivity (Wildman–Crippen MR) is 84.5 cm³/mol. The molecule has 0 spiro atoms. The molecule has 1 fully saturated rings. The van der Waals surface area contributed by atoms with Crippen LogP contribution in [0, 0.1) is 0 Å². The Bertz CT molecular complexity index is 315. The Labute approximate surface area is 129 Å². The van der Waals surface area contributed by atoms with Crippen LogP contribution in [0.5, 0.6) is 0 Å². The van der Waals surface area contributed by atoms with E-state index in [2.05, 4.69) is 24.5 Å². The van der Waals surface area contributed by atoms with Crippen molar-refractivity contribution in [1.82, 2.24) is 10.6 Å². The highest BCUT2D eigenvalue weighted by Gasteiger charge is 2.23. The fourth-order valence-corrected chi connectivity index (χ4v) is 2.60. The number of hydrogen-bond donors (Lipinski definition) is 2. The van der Waals surface area contributed by atoms with Gasteiger partial charge in [0.15, 0.2) is 0 Å². The minimum absolute atomic E-state index is 0.290. The maximum atomic E-state index is 11.7. The van der Waals surface area contributed by atoms with Crippen LogP contribution in [0.3, 0.4) is 0 Å². The van der Waals surface area contributed by atoms with Crippen molar-refractivity contribution in [3.8, 4) is 0 Å². The zero-order chi connectivity index (χ0) is 15.9. The lowest BCUT2D eigenvalue weighted by Gasteiger charge is -2.32. The summed E-state index contributed by atoms with van der Waals surface area (Å²) < 4.78 is 10.8. The van der Waals surface area contributed by atoms with Crippen LogP contribution in [0.4, 0.5) is 4.79 Å². The molecule has 21 heavy (non-hydrogen) atoms. The van der Waals surface area contributed by atoms with E-state index in [0.717, 1.165) is 32.3 Å². The molecule has 5 nitrogen and oxygen atoms in total. The molecule has 1 heterocycles. The van der Waals surface area contributed by atoms with E-state index in [1.54, 1.807) is 0 Å². The number of alkyl carbamates (subject to hydrolysis) is 1. The van der Waals surface area contributed by atoms with E-state index in [9.17, 15) is 4.79 Å². The Hall–Kier alpha value is -0.810. The first-order chi connectivity index (χ1) is 9.80. The second-order valence-electron chi connectivity index (χ2n) is 6.94. The lowest BCUT2D eigenvalue weighted by Crippen LogP contribution is -2.48. The minimum Gasteiger partial charge on any atom is -0.444 e. The van der Waals surface area contributed by atoms with Crippen LogP contribution < -0.4 is 10.6 Å². The van der Waals surface area contributed by atoms with Gasteiger partial charge in [0.25, 0.3) is 0 Å². The molecule has 2 N–H and O–H groups in total. The molecule has 0 aromatic rings. The van der Waals surface area contributed by atoms with Gasteiger partial charge in [0.2, 0.25) is 0 Å². The molecule has 5 heteroatoms. The molecule has 0 radical (unpaired) electrons. The summed E-state index contributed by atoms with van der Waals surface area (Å²) in [6.07, 6.45) is 4.18. The lowest BCUT2D eigenvalue weighted by molar-refractivity contribution is 0.0107. The van der Waals surface area contributed by atoms with Crippen molar-refractivity contribution in [2.75, 3.05) is 13.2 Å². The number of amides is 1. The Morgan fingerprint density at radius 1 is 1.43 bits per heavy atom. The second-order valence-corrected chi connectivity index (χ2v) is 6.94. The van der Waals surface area contributed by atoms with Crippen molar-refractivity contribution in [2.24, 2.45) is 0 Å². The quantitative estimate of drug-likeness (QED) is 0.792. The first-order valence-corrected chi connectivity index (χ1v) is 8.14. The Balaban J connectivity index is 2.37. The summed E-state index contributed by atoms with van der Waals surface area (Å²) >= 11 is 0. The molecule has 1 rings (SSSR count). The van der Waals surface area contributed by atoms with Gasteiger partial charge in [-0.1, -0.05) is 13.3 Å². The lowest BCUT2D eigenvalue weighted by atomic mass is 10.0. The van der Waals surface area contributed by atoms with Crippen molar-refractivity contribution in [1.29, 1.82) is 0 Å². The zero-order valence-electron chi connectivity index (χ0n) is 14.2. The fourth-order valence-electron chi connectivity index (χ4n) is 2.60. The van der Waals surface area contributed by atoms with Crippen molar-refractivity contribution in [3.05, 3.63) is 0 Å². The maximum Gasteiger partial charge on any atom is 0.407 e. The molecule has 0 bridgehead atoms. The van der Waals surface area contributed by atoms with E-state index >= 15 is 0 Å². The van der Waals surface area contributed by atoms with Gasteiger partial charge in [-0.05, 0) is 47.0 Å². The molecule has 1 aliphatic heterocycles. The average Bonchev–Trinajstić information content (AvgIpc) is 2.34. The standard InChI is InChI=1S/C16H32N2O3/c1-6-7-14(11-17-15(19)21-16(3,4)5)18-13-8-9-20-12(2)10-13/h12-14,18H,6-11H2,1-5H3,(H,17,19). The number of carbonyl (C=O) groups is 1. The monoisotopic (exact) mass is 300 g/mol. The first-order valence-electron chi connectivity index (χ1n) is 8.14. The van der Waals surface area contributed by atoms with Gasteiger partial charge in [-0.15, -0.1) is 0 Å². The van der Waals surface area contributed by atoms with Crippen LogP contribution in [0.25, 0.3) is 0 Å². The van der Waals surface area contributed by atoms with Crippen molar-refractivity contribution < 1.29 is 14.3 Å². The molecule has 1 aliphatic rings. The predicted octanol–water partition coefficient (Wildman–Crippen LogP) is 2.84. The third-order valence-electron chi connectivity index (χ3n) is 3.49. The summed E-state index contributed by atoms with van der Waals surface area (Å²) in [5.74, 6) is 0. The van der Waals surface area contributed by atoms with Crippen LogP contribution in [-0.2, 0) is 9.47 Å². The molecule has 1 saturated heterocycles. The van der Waals surface area contributed by atoms with Gasteiger partial charge < -0.3 is 20.1 Å². The molecule has 1 amide bonds. The Morgan fingerprint density at radius 2 is 2.14 bits per heavy atom. The van der Waals surface area contributed by atoms with E-state index in [1.165, 1.54) is 0 Å². The molecule has 0 aliphatic carbocycles. The SMILES string of the molecule is CCCC(CNC(=O)OC(C)(C)C)NC1CCOC(C)C1. The summed E-state index contributed by atoms with van der Waals surface area (Å²) in [6, 6.07) is 0.767. The van der Waals surface area contributed by atoms with E-state index in [1.807, 2.05) is 20.8 Å². The summed E-state index contributed by atoms with van der Waals surface area (Å²) in [7, 11) is 0. The number of carbonyl (C=O) groups excluding carboxylic acids is 1. The van der Waals surface area contributed by atoms with Crippen LogP contribution in [0.1, 0.15) is 60.3 Å².